The number of likely N-dealkylation sites (N-methyl/N-ethyl adjacent to an activating group) is 1. The van der Waals surface area contributed by atoms with E-state index in [1.165, 1.54) is 6.07 Å². The van der Waals surface area contributed by atoms with Crippen LogP contribution in [0.5, 0.6) is 5.75 Å². The van der Waals surface area contributed by atoms with E-state index in [0.717, 1.165) is 63.3 Å². The van der Waals surface area contributed by atoms with Gasteiger partial charge in [0.15, 0.2) is 0 Å². The van der Waals surface area contributed by atoms with Gasteiger partial charge in [-0.25, -0.2) is 4.98 Å². The fraction of sp³-hybridized carbons (Fsp3) is 0.324. The molecular formula is C34H33F3N6O2. The van der Waals surface area contributed by atoms with Crippen LogP contribution in [0.25, 0.3) is 33.1 Å². The number of benzene rings is 3. The quantitative estimate of drug-likeness (QED) is 0.225. The number of amides is 1. The Bertz CT molecular complexity index is 1890. The van der Waals surface area contributed by atoms with Crippen molar-refractivity contribution < 1.29 is 23.1 Å². The van der Waals surface area contributed by atoms with Crippen molar-refractivity contribution >= 4 is 33.4 Å². The number of rotatable bonds is 5. The van der Waals surface area contributed by atoms with E-state index in [1.807, 2.05) is 24.1 Å². The van der Waals surface area contributed by atoms with Gasteiger partial charge in [-0.15, -0.1) is 0 Å². The van der Waals surface area contributed by atoms with Crippen LogP contribution in [0.3, 0.4) is 0 Å². The molecule has 3 aromatic carbocycles. The number of aryl methyl sites for hydroxylation is 1. The third-order valence-electron chi connectivity index (χ3n) is 9.16. The molecule has 5 aromatic rings. The van der Waals surface area contributed by atoms with Crippen molar-refractivity contribution in [1.82, 2.24) is 25.0 Å². The van der Waals surface area contributed by atoms with Crippen molar-refractivity contribution in [2.45, 2.75) is 32.0 Å². The lowest BCUT2D eigenvalue weighted by Crippen LogP contribution is -2.44. The Labute approximate surface area is 257 Å². The average Bonchev–Trinajstić information content (AvgIpc) is 3.51. The molecule has 7 rings (SSSR count). The number of hydrogen-bond donors (Lipinski definition) is 3. The van der Waals surface area contributed by atoms with Crippen LogP contribution in [0.1, 0.15) is 28.7 Å². The van der Waals surface area contributed by atoms with Crippen molar-refractivity contribution in [2.24, 2.45) is 5.92 Å². The zero-order chi connectivity index (χ0) is 31.3. The van der Waals surface area contributed by atoms with Crippen LogP contribution in [0, 0.1) is 5.92 Å². The highest BCUT2D eigenvalue weighted by atomic mass is 19.4. The Hall–Kier alpha value is -4.48. The van der Waals surface area contributed by atoms with Gasteiger partial charge in [-0.1, -0.05) is 6.07 Å². The first-order chi connectivity index (χ1) is 21.6. The van der Waals surface area contributed by atoms with Gasteiger partial charge in [0.25, 0.3) is 0 Å². The van der Waals surface area contributed by atoms with E-state index >= 15 is 0 Å². The molecule has 1 atom stereocenters. The summed E-state index contributed by atoms with van der Waals surface area (Å²) in [7, 11) is 2.01. The van der Waals surface area contributed by atoms with Crippen molar-refractivity contribution in [3.63, 3.8) is 0 Å². The molecule has 1 saturated heterocycles. The summed E-state index contributed by atoms with van der Waals surface area (Å²) in [6.07, 6.45) is -1.25. The number of piperazine rings is 1. The van der Waals surface area contributed by atoms with Gasteiger partial charge in [-0.3, -0.25) is 14.8 Å². The SMILES string of the molecule is CN1CCN(Cc2ccc(NC(=O)C3CCc4c(c(-c5ccc(O)cc5)nc5ccc6[nH]ncc6c45)C3)cc2C(F)(F)F)CC1. The number of aromatic hydroxyl groups is 1. The maximum atomic E-state index is 14.2. The number of aromatic nitrogens is 3. The van der Waals surface area contributed by atoms with E-state index in [-0.39, 0.29) is 29.5 Å². The predicted molar refractivity (Wildman–Crippen MR) is 167 cm³/mol. The molecule has 3 N–H and O–H groups in total. The number of alkyl halides is 3. The van der Waals surface area contributed by atoms with E-state index in [0.29, 0.717) is 32.4 Å². The van der Waals surface area contributed by atoms with E-state index in [2.05, 4.69) is 20.4 Å². The number of fused-ring (bicyclic) bond motifs is 5. The zero-order valence-electron chi connectivity index (χ0n) is 24.8. The number of halogens is 3. The summed E-state index contributed by atoms with van der Waals surface area (Å²) in [4.78, 5) is 22.8. The first-order valence-electron chi connectivity index (χ1n) is 15.1. The molecular weight excluding hydrogens is 581 g/mol. The Morgan fingerprint density at radius 1 is 1.04 bits per heavy atom. The van der Waals surface area contributed by atoms with E-state index in [9.17, 15) is 23.1 Å². The molecule has 232 valence electrons. The van der Waals surface area contributed by atoms with Gasteiger partial charge in [0, 0.05) is 60.7 Å². The number of phenols is 1. The second kappa shape index (κ2) is 11.5. The predicted octanol–water partition coefficient (Wildman–Crippen LogP) is 5.99. The van der Waals surface area contributed by atoms with E-state index in [4.69, 9.17) is 4.98 Å². The highest BCUT2D eigenvalue weighted by molar-refractivity contribution is 6.08. The average molecular weight is 615 g/mol. The third-order valence-corrected chi connectivity index (χ3v) is 9.16. The van der Waals surface area contributed by atoms with Crippen molar-refractivity contribution in [1.29, 1.82) is 0 Å². The number of H-pyrrole nitrogens is 1. The summed E-state index contributed by atoms with van der Waals surface area (Å²) in [6, 6.07) is 14.8. The summed E-state index contributed by atoms with van der Waals surface area (Å²) >= 11 is 0. The van der Waals surface area contributed by atoms with Gasteiger partial charge >= 0.3 is 6.18 Å². The number of nitrogens with zero attached hydrogens (tertiary/aromatic N) is 4. The Morgan fingerprint density at radius 2 is 1.82 bits per heavy atom. The molecule has 0 spiro atoms. The maximum absolute atomic E-state index is 14.2. The number of nitrogens with one attached hydrogen (secondary N) is 2. The number of carbonyl (C=O) groups excluding carboxylic acids is 1. The van der Waals surface area contributed by atoms with Crippen LogP contribution in [0.2, 0.25) is 0 Å². The van der Waals surface area contributed by atoms with Crippen LogP contribution >= 0.6 is 0 Å². The van der Waals surface area contributed by atoms with Crippen LogP contribution in [0.4, 0.5) is 18.9 Å². The molecule has 1 unspecified atom stereocenters. The normalized spacial score (nSPS) is 17.9. The Kier molecular flexibility index (Phi) is 7.45. The molecule has 1 fully saturated rings. The van der Waals surface area contributed by atoms with Gasteiger partial charge in [0.05, 0.1) is 28.5 Å². The summed E-state index contributed by atoms with van der Waals surface area (Å²) < 4.78 is 42.5. The van der Waals surface area contributed by atoms with Crippen LogP contribution in [0.15, 0.2) is 60.8 Å². The number of hydrogen-bond acceptors (Lipinski definition) is 6. The molecule has 1 aliphatic carbocycles. The number of anilines is 1. The molecule has 8 nitrogen and oxygen atoms in total. The highest BCUT2D eigenvalue weighted by Gasteiger charge is 2.35. The van der Waals surface area contributed by atoms with Crippen molar-refractivity contribution in [2.75, 3.05) is 38.5 Å². The van der Waals surface area contributed by atoms with Crippen LogP contribution < -0.4 is 5.32 Å². The lowest BCUT2D eigenvalue weighted by Gasteiger charge is -2.33. The first-order valence-corrected chi connectivity index (χ1v) is 15.1. The Morgan fingerprint density at radius 3 is 2.58 bits per heavy atom. The Balaban J connectivity index is 1.19. The van der Waals surface area contributed by atoms with E-state index < -0.39 is 17.7 Å². The van der Waals surface area contributed by atoms with Gasteiger partial charge < -0.3 is 15.3 Å². The summed E-state index contributed by atoms with van der Waals surface area (Å²) in [6.45, 7) is 3.25. The largest absolute Gasteiger partial charge is 0.508 e. The minimum atomic E-state index is -4.55. The van der Waals surface area contributed by atoms with Gasteiger partial charge in [0.2, 0.25) is 5.91 Å². The number of carbonyl (C=O) groups is 1. The molecule has 0 bridgehead atoms. The molecule has 0 radical (unpaired) electrons. The van der Waals surface area contributed by atoms with Crippen LogP contribution in [-0.4, -0.2) is 69.2 Å². The molecule has 1 aliphatic heterocycles. The molecule has 1 amide bonds. The van der Waals surface area contributed by atoms with Gasteiger partial charge in [-0.05, 0) is 91.5 Å². The lowest BCUT2D eigenvalue weighted by molar-refractivity contribution is -0.138. The minimum Gasteiger partial charge on any atom is -0.508 e. The third kappa shape index (κ3) is 5.73. The standard InChI is InChI=1S/C34H33F3N6O2/c1-42-12-14-43(15-13-42)19-22-2-6-23(17-28(22)34(35,36)37)39-33(45)21-5-9-25-26(16-21)32(20-3-7-24(44)8-4-20)40-30-11-10-29-27(31(25)30)18-38-41-29/h2-4,6-8,10-11,17-18,21,44H,5,9,12-16,19H2,1H3,(H,38,41)(H,39,45). The molecule has 2 aliphatic rings. The molecule has 45 heavy (non-hydrogen) atoms. The summed E-state index contributed by atoms with van der Waals surface area (Å²) in [5, 5.41) is 21.8. The molecule has 0 saturated carbocycles. The van der Waals surface area contributed by atoms with Crippen molar-refractivity contribution in [3.8, 4) is 17.0 Å². The monoisotopic (exact) mass is 614 g/mol. The van der Waals surface area contributed by atoms with Crippen molar-refractivity contribution in [3.05, 3.63) is 83.0 Å². The zero-order valence-corrected chi connectivity index (χ0v) is 24.8. The first kappa shape index (κ1) is 29.2. The minimum absolute atomic E-state index is 0.135. The van der Waals surface area contributed by atoms with Gasteiger partial charge in [-0.2, -0.15) is 18.3 Å². The van der Waals surface area contributed by atoms with Crippen LogP contribution in [-0.2, 0) is 30.4 Å². The topological polar surface area (TPSA) is 97.4 Å². The number of pyridine rings is 1. The van der Waals surface area contributed by atoms with E-state index in [1.54, 1.807) is 36.5 Å². The molecule has 11 heteroatoms. The number of phenolic OH excluding ortho intramolecular Hbond substituents is 1. The second-order valence-corrected chi connectivity index (χ2v) is 12.1. The maximum Gasteiger partial charge on any atom is 0.416 e. The second-order valence-electron chi connectivity index (χ2n) is 12.1. The highest BCUT2D eigenvalue weighted by Crippen LogP contribution is 2.40. The molecule has 2 aromatic heterocycles. The number of aromatic amines is 1. The summed E-state index contributed by atoms with van der Waals surface area (Å²) in [5.74, 6) is -0.645. The van der Waals surface area contributed by atoms with Gasteiger partial charge in [0.1, 0.15) is 5.75 Å². The lowest BCUT2D eigenvalue weighted by atomic mass is 9.79. The fourth-order valence-corrected chi connectivity index (χ4v) is 6.69. The molecule has 3 heterocycles. The summed E-state index contributed by atoms with van der Waals surface area (Å²) in [5.41, 5.74) is 4.87. The fourth-order valence-electron chi connectivity index (χ4n) is 6.69. The smallest absolute Gasteiger partial charge is 0.416 e.